The van der Waals surface area contributed by atoms with Crippen LogP contribution in [-0.2, 0) is 4.74 Å². The zero-order valence-corrected chi connectivity index (χ0v) is 11.8. The molecule has 21 heavy (non-hydrogen) atoms. The second-order valence-electron chi connectivity index (χ2n) is 4.92. The Morgan fingerprint density at radius 3 is 2.29 bits per heavy atom. The van der Waals surface area contributed by atoms with Crippen LogP contribution in [0.3, 0.4) is 0 Å². The molecule has 0 aliphatic rings. The summed E-state index contributed by atoms with van der Waals surface area (Å²) in [5, 5.41) is 2.02. The van der Waals surface area contributed by atoms with Gasteiger partial charge in [0.1, 0.15) is 6.10 Å². The normalized spacial score (nSPS) is 12.2. The molecule has 0 fully saturated rings. The fourth-order valence-corrected chi connectivity index (χ4v) is 2.60. The van der Waals surface area contributed by atoms with Gasteiger partial charge in [0.2, 0.25) is 0 Å². The summed E-state index contributed by atoms with van der Waals surface area (Å²) in [6.45, 7) is 0. The van der Waals surface area contributed by atoms with Crippen molar-refractivity contribution in [3.05, 3.63) is 83.9 Å². The highest BCUT2D eigenvalue weighted by atomic mass is 16.5. The maximum atomic E-state index is 12.9. The molecule has 0 radical (unpaired) electrons. The van der Waals surface area contributed by atoms with Gasteiger partial charge in [-0.15, -0.1) is 0 Å². The molecule has 0 heterocycles. The first-order chi connectivity index (χ1) is 10.3. The van der Waals surface area contributed by atoms with Gasteiger partial charge in [0.15, 0.2) is 5.78 Å². The van der Waals surface area contributed by atoms with Gasteiger partial charge >= 0.3 is 0 Å². The van der Waals surface area contributed by atoms with E-state index in [1.807, 2.05) is 72.8 Å². The summed E-state index contributed by atoms with van der Waals surface area (Å²) in [4.78, 5) is 12.9. The minimum Gasteiger partial charge on any atom is -0.369 e. The Kier molecular flexibility index (Phi) is 3.80. The van der Waals surface area contributed by atoms with E-state index in [0.29, 0.717) is 5.56 Å². The molecule has 2 heteroatoms. The summed E-state index contributed by atoms with van der Waals surface area (Å²) in [6, 6.07) is 23.3. The third-order valence-electron chi connectivity index (χ3n) is 3.63. The number of ether oxygens (including phenoxy) is 1. The molecular weight excluding hydrogens is 260 g/mol. The van der Waals surface area contributed by atoms with Crippen molar-refractivity contribution in [1.82, 2.24) is 0 Å². The standard InChI is InChI=1S/C19H16O2/c1-21-19(15-9-3-2-4-10-15)18(20)17-13-7-11-14-8-5-6-12-16(14)17/h2-13,19H,1H3. The van der Waals surface area contributed by atoms with Crippen LogP contribution in [0, 0.1) is 0 Å². The maximum absolute atomic E-state index is 12.9. The quantitative estimate of drug-likeness (QED) is 0.660. The van der Waals surface area contributed by atoms with Crippen molar-refractivity contribution in [1.29, 1.82) is 0 Å². The van der Waals surface area contributed by atoms with E-state index in [4.69, 9.17) is 4.74 Å². The average molecular weight is 276 g/mol. The molecular formula is C19H16O2. The molecule has 0 aliphatic carbocycles. The first-order valence-electron chi connectivity index (χ1n) is 6.91. The number of fused-ring (bicyclic) bond motifs is 1. The SMILES string of the molecule is COC(C(=O)c1cccc2ccccc12)c1ccccc1. The molecule has 3 aromatic rings. The number of hydrogen-bond acceptors (Lipinski definition) is 2. The highest BCUT2D eigenvalue weighted by Crippen LogP contribution is 2.26. The third kappa shape index (κ3) is 2.58. The summed E-state index contributed by atoms with van der Waals surface area (Å²) >= 11 is 0. The average Bonchev–Trinajstić information content (AvgIpc) is 2.56. The molecule has 1 atom stereocenters. The van der Waals surface area contributed by atoms with Gasteiger partial charge in [0, 0.05) is 12.7 Å². The van der Waals surface area contributed by atoms with Gasteiger partial charge < -0.3 is 4.74 Å². The highest BCUT2D eigenvalue weighted by Gasteiger charge is 2.22. The van der Waals surface area contributed by atoms with Crippen LogP contribution < -0.4 is 0 Å². The minimum absolute atomic E-state index is 0.0134. The van der Waals surface area contributed by atoms with E-state index in [1.54, 1.807) is 7.11 Å². The van der Waals surface area contributed by atoms with Crippen LogP contribution in [0.2, 0.25) is 0 Å². The molecule has 0 amide bonds. The van der Waals surface area contributed by atoms with E-state index in [1.165, 1.54) is 0 Å². The zero-order chi connectivity index (χ0) is 14.7. The Balaban J connectivity index is 2.07. The minimum atomic E-state index is -0.572. The first kappa shape index (κ1) is 13.5. The van der Waals surface area contributed by atoms with Crippen molar-refractivity contribution in [3.63, 3.8) is 0 Å². The Bertz CT molecular complexity index is 757. The fraction of sp³-hybridized carbons (Fsp3) is 0.105. The van der Waals surface area contributed by atoms with E-state index in [-0.39, 0.29) is 5.78 Å². The maximum Gasteiger partial charge on any atom is 0.196 e. The van der Waals surface area contributed by atoms with E-state index >= 15 is 0 Å². The van der Waals surface area contributed by atoms with Crippen LogP contribution >= 0.6 is 0 Å². The van der Waals surface area contributed by atoms with Crippen molar-refractivity contribution in [2.45, 2.75) is 6.10 Å². The lowest BCUT2D eigenvalue weighted by Crippen LogP contribution is -2.15. The molecule has 0 aliphatic heterocycles. The van der Waals surface area contributed by atoms with Crippen LogP contribution in [0.25, 0.3) is 10.8 Å². The Morgan fingerprint density at radius 1 is 0.857 bits per heavy atom. The monoisotopic (exact) mass is 276 g/mol. The van der Waals surface area contributed by atoms with Crippen LogP contribution in [0.15, 0.2) is 72.8 Å². The smallest absolute Gasteiger partial charge is 0.196 e. The lowest BCUT2D eigenvalue weighted by atomic mass is 9.95. The van der Waals surface area contributed by atoms with Gasteiger partial charge in [-0.1, -0.05) is 72.8 Å². The molecule has 3 aromatic carbocycles. The van der Waals surface area contributed by atoms with E-state index < -0.39 is 6.10 Å². The summed E-state index contributed by atoms with van der Waals surface area (Å²) in [6.07, 6.45) is -0.572. The number of carbonyl (C=O) groups excluding carboxylic acids is 1. The lowest BCUT2D eigenvalue weighted by molar-refractivity contribution is 0.0606. The van der Waals surface area contributed by atoms with Crippen molar-refractivity contribution in [2.75, 3.05) is 7.11 Å². The second-order valence-corrected chi connectivity index (χ2v) is 4.92. The van der Waals surface area contributed by atoms with E-state index in [9.17, 15) is 4.79 Å². The summed E-state index contributed by atoms with van der Waals surface area (Å²) in [5.41, 5.74) is 1.57. The number of methoxy groups -OCH3 is 1. The molecule has 0 spiro atoms. The van der Waals surface area contributed by atoms with Gasteiger partial charge in [-0.25, -0.2) is 0 Å². The Labute approximate surface area is 124 Å². The predicted molar refractivity (Wildman–Crippen MR) is 84.5 cm³/mol. The summed E-state index contributed by atoms with van der Waals surface area (Å²) < 4.78 is 5.45. The molecule has 3 rings (SSSR count). The van der Waals surface area contributed by atoms with Gasteiger partial charge in [-0.05, 0) is 16.3 Å². The second kappa shape index (κ2) is 5.90. The van der Waals surface area contributed by atoms with Gasteiger partial charge in [-0.2, -0.15) is 0 Å². The molecule has 0 saturated carbocycles. The zero-order valence-electron chi connectivity index (χ0n) is 11.8. The van der Waals surface area contributed by atoms with Crippen LogP contribution in [0.5, 0.6) is 0 Å². The van der Waals surface area contributed by atoms with E-state index in [2.05, 4.69) is 0 Å². The van der Waals surface area contributed by atoms with Crippen molar-refractivity contribution in [3.8, 4) is 0 Å². The predicted octanol–water partition coefficient (Wildman–Crippen LogP) is 4.41. The largest absolute Gasteiger partial charge is 0.369 e. The molecule has 2 nitrogen and oxygen atoms in total. The van der Waals surface area contributed by atoms with Gasteiger partial charge in [0.25, 0.3) is 0 Å². The number of ketones is 1. The molecule has 0 saturated heterocycles. The number of carbonyl (C=O) groups is 1. The van der Waals surface area contributed by atoms with Crippen molar-refractivity contribution in [2.24, 2.45) is 0 Å². The van der Waals surface area contributed by atoms with Crippen LogP contribution in [0.4, 0.5) is 0 Å². The molecule has 0 N–H and O–H groups in total. The number of hydrogen-bond donors (Lipinski definition) is 0. The van der Waals surface area contributed by atoms with Gasteiger partial charge in [0.05, 0.1) is 0 Å². The number of benzene rings is 3. The first-order valence-corrected chi connectivity index (χ1v) is 6.91. The summed E-state index contributed by atoms with van der Waals surface area (Å²) in [5.74, 6) is -0.0134. The van der Waals surface area contributed by atoms with Crippen LogP contribution in [0.1, 0.15) is 22.0 Å². The third-order valence-corrected chi connectivity index (χ3v) is 3.63. The molecule has 1 unspecified atom stereocenters. The Hall–Kier alpha value is -2.45. The summed E-state index contributed by atoms with van der Waals surface area (Å²) in [7, 11) is 1.57. The topological polar surface area (TPSA) is 26.3 Å². The van der Waals surface area contributed by atoms with Gasteiger partial charge in [-0.3, -0.25) is 4.79 Å². The van der Waals surface area contributed by atoms with Crippen LogP contribution in [-0.4, -0.2) is 12.9 Å². The van der Waals surface area contributed by atoms with E-state index in [0.717, 1.165) is 16.3 Å². The molecule has 104 valence electrons. The lowest BCUT2D eigenvalue weighted by Gasteiger charge is -2.16. The van der Waals surface area contributed by atoms with Crippen molar-refractivity contribution < 1.29 is 9.53 Å². The highest BCUT2D eigenvalue weighted by molar-refractivity contribution is 6.10. The molecule has 0 aromatic heterocycles. The molecule has 0 bridgehead atoms. The Morgan fingerprint density at radius 2 is 1.52 bits per heavy atom. The van der Waals surface area contributed by atoms with Crippen molar-refractivity contribution >= 4 is 16.6 Å². The fourth-order valence-electron chi connectivity index (χ4n) is 2.60. The number of rotatable bonds is 4. The number of Topliss-reactive ketones (excluding diaryl/α,β-unsaturated/α-hetero) is 1.